The molecular formula is C15H15N3O. The molecule has 0 aliphatic rings. The van der Waals surface area contributed by atoms with Gasteiger partial charge in [0.05, 0.1) is 24.5 Å². The largest absolute Gasteiger partial charge is 0.394 e. The maximum atomic E-state index is 9.41. The van der Waals surface area contributed by atoms with Gasteiger partial charge in [0.1, 0.15) is 11.8 Å². The van der Waals surface area contributed by atoms with Crippen LogP contribution in [-0.2, 0) is 6.42 Å². The number of aliphatic hydroxyl groups is 1. The van der Waals surface area contributed by atoms with Crippen LogP contribution in [0, 0.1) is 11.3 Å². The zero-order chi connectivity index (χ0) is 13.5. The Hall–Kier alpha value is -2.38. The summed E-state index contributed by atoms with van der Waals surface area (Å²) in [4.78, 5) is 3.99. The monoisotopic (exact) mass is 253 g/mol. The molecule has 0 saturated carbocycles. The molecule has 4 nitrogen and oxygen atoms in total. The summed E-state index contributed by atoms with van der Waals surface area (Å²) in [5, 5.41) is 21.3. The highest BCUT2D eigenvalue weighted by atomic mass is 16.3. The number of benzene rings is 1. The van der Waals surface area contributed by atoms with Crippen molar-refractivity contribution in [3.63, 3.8) is 0 Å². The minimum atomic E-state index is -0.0721. The van der Waals surface area contributed by atoms with E-state index in [-0.39, 0.29) is 12.6 Å². The number of pyridine rings is 1. The van der Waals surface area contributed by atoms with Crippen LogP contribution in [-0.4, -0.2) is 22.7 Å². The van der Waals surface area contributed by atoms with E-state index >= 15 is 0 Å². The molecule has 19 heavy (non-hydrogen) atoms. The van der Waals surface area contributed by atoms with Crippen LogP contribution in [0.25, 0.3) is 0 Å². The average Bonchev–Trinajstić information content (AvgIpc) is 2.48. The van der Waals surface area contributed by atoms with Gasteiger partial charge in [-0.2, -0.15) is 5.26 Å². The van der Waals surface area contributed by atoms with Gasteiger partial charge in [-0.15, -0.1) is 0 Å². The molecule has 0 spiro atoms. The molecule has 0 bridgehead atoms. The Kier molecular flexibility index (Phi) is 4.49. The van der Waals surface area contributed by atoms with Gasteiger partial charge in [-0.1, -0.05) is 30.3 Å². The van der Waals surface area contributed by atoms with Crippen molar-refractivity contribution >= 4 is 5.69 Å². The molecule has 1 heterocycles. The Balaban J connectivity index is 2.00. The fourth-order valence-corrected chi connectivity index (χ4v) is 1.84. The number of nitrogens with one attached hydrogen (secondary N) is 1. The summed E-state index contributed by atoms with van der Waals surface area (Å²) in [6.45, 7) is 0.0366. The van der Waals surface area contributed by atoms with Crippen molar-refractivity contribution in [1.29, 1.82) is 5.26 Å². The number of nitriles is 1. The Morgan fingerprint density at radius 1 is 1.21 bits per heavy atom. The fraction of sp³-hybridized carbons (Fsp3) is 0.200. The number of aliphatic hydroxyl groups excluding tert-OH is 1. The fourth-order valence-electron chi connectivity index (χ4n) is 1.84. The zero-order valence-corrected chi connectivity index (χ0v) is 10.5. The van der Waals surface area contributed by atoms with E-state index in [1.54, 1.807) is 18.3 Å². The van der Waals surface area contributed by atoms with Crippen LogP contribution in [0.1, 0.15) is 11.3 Å². The third kappa shape index (κ3) is 3.80. The van der Waals surface area contributed by atoms with Crippen molar-refractivity contribution in [3.8, 4) is 6.07 Å². The summed E-state index contributed by atoms with van der Waals surface area (Å²) in [6.07, 6.45) is 2.34. The van der Waals surface area contributed by atoms with Gasteiger partial charge >= 0.3 is 0 Å². The first-order valence-electron chi connectivity index (χ1n) is 6.09. The van der Waals surface area contributed by atoms with Gasteiger partial charge in [0.2, 0.25) is 0 Å². The SMILES string of the molecule is N#Cc1ccc(NC(CO)Cc2ccccc2)cn1. The molecule has 96 valence electrons. The highest BCUT2D eigenvalue weighted by Crippen LogP contribution is 2.10. The van der Waals surface area contributed by atoms with Crippen molar-refractivity contribution < 1.29 is 5.11 Å². The maximum Gasteiger partial charge on any atom is 0.140 e. The van der Waals surface area contributed by atoms with Gasteiger partial charge in [0.15, 0.2) is 0 Å². The number of rotatable bonds is 5. The topological polar surface area (TPSA) is 68.9 Å². The van der Waals surface area contributed by atoms with Crippen LogP contribution in [0.15, 0.2) is 48.7 Å². The average molecular weight is 253 g/mol. The molecule has 1 aromatic carbocycles. The predicted molar refractivity (Wildman–Crippen MR) is 73.6 cm³/mol. The summed E-state index contributed by atoms with van der Waals surface area (Å²) in [5.74, 6) is 0. The van der Waals surface area contributed by atoms with Crippen molar-refractivity contribution in [3.05, 3.63) is 59.9 Å². The lowest BCUT2D eigenvalue weighted by atomic mass is 10.1. The molecule has 2 rings (SSSR count). The van der Waals surface area contributed by atoms with Crippen molar-refractivity contribution in [2.45, 2.75) is 12.5 Å². The number of anilines is 1. The molecule has 0 amide bonds. The summed E-state index contributed by atoms with van der Waals surface area (Å²) in [7, 11) is 0. The molecule has 0 saturated heterocycles. The van der Waals surface area contributed by atoms with E-state index < -0.39 is 0 Å². The van der Waals surface area contributed by atoms with E-state index in [0.29, 0.717) is 5.69 Å². The molecule has 0 aliphatic carbocycles. The quantitative estimate of drug-likeness (QED) is 0.854. The zero-order valence-electron chi connectivity index (χ0n) is 10.5. The standard InChI is InChI=1S/C15H15N3O/c16-9-13-6-7-14(10-17-13)18-15(11-19)8-12-4-2-1-3-5-12/h1-7,10,15,18-19H,8,11H2. The molecule has 4 heteroatoms. The van der Waals surface area contributed by atoms with Crippen molar-refractivity contribution in [2.24, 2.45) is 0 Å². The smallest absolute Gasteiger partial charge is 0.140 e. The molecule has 1 unspecified atom stereocenters. The lowest BCUT2D eigenvalue weighted by molar-refractivity contribution is 0.273. The van der Waals surface area contributed by atoms with Crippen LogP contribution in [0.4, 0.5) is 5.69 Å². The summed E-state index contributed by atoms with van der Waals surface area (Å²) in [5.41, 5.74) is 2.35. The minimum absolute atomic E-state index is 0.0366. The Morgan fingerprint density at radius 2 is 2.00 bits per heavy atom. The van der Waals surface area contributed by atoms with E-state index in [1.165, 1.54) is 0 Å². The third-order valence-electron chi connectivity index (χ3n) is 2.79. The molecule has 1 aromatic heterocycles. The van der Waals surface area contributed by atoms with E-state index in [4.69, 9.17) is 5.26 Å². The van der Waals surface area contributed by atoms with Crippen LogP contribution < -0.4 is 5.32 Å². The summed E-state index contributed by atoms with van der Waals surface area (Å²) < 4.78 is 0. The van der Waals surface area contributed by atoms with Crippen LogP contribution >= 0.6 is 0 Å². The molecule has 0 aliphatic heterocycles. The Labute approximate surface area is 112 Å². The molecule has 2 aromatic rings. The minimum Gasteiger partial charge on any atom is -0.394 e. The second-order valence-electron chi connectivity index (χ2n) is 4.26. The van der Waals surface area contributed by atoms with Gasteiger partial charge in [-0.25, -0.2) is 4.98 Å². The Bertz CT molecular complexity index is 546. The van der Waals surface area contributed by atoms with Crippen molar-refractivity contribution in [1.82, 2.24) is 4.98 Å². The summed E-state index contributed by atoms with van der Waals surface area (Å²) >= 11 is 0. The third-order valence-corrected chi connectivity index (χ3v) is 2.79. The van der Waals surface area contributed by atoms with Crippen LogP contribution in [0.3, 0.4) is 0 Å². The van der Waals surface area contributed by atoms with Gasteiger partial charge in [-0.3, -0.25) is 0 Å². The highest BCUT2D eigenvalue weighted by molar-refractivity contribution is 5.44. The first-order valence-corrected chi connectivity index (χ1v) is 6.09. The summed E-state index contributed by atoms with van der Waals surface area (Å²) in [6, 6.07) is 15.3. The van der Waals surface area contributed by atoms with Gasteiger partial charge in [0.25, 0.3) is 0 Å². The number of hydrogen-bond acceptors (Lipinski definition) is 4. The number of aromatic nitrogens is 1. The van der Waals surface area contributed by atoms with Crippen molar-refractivity contribution in [2.75, 3.05) is 11.9 Å². The molecule has 2 N–H and O–H groups in total. The second-order valence-corrected chi connectivity index (χ2v) is 4.26. The first-order chi connectivity index (χ1) is 9.31. The maximum absolute atomic E-state index is 9.41. The number of nitrogens with zero attached hydrogens (tertiary/aromatic N) is 2. The van der Waals surface area contributed by atoms with Crippen LogP contribution in [0.5, 0.6) is 0 Å². The Morgan fingerprint density at radius 3 is 2.58 bits per heavy atom. The molecule has 1 atom stereocenters. The van der Waals surface area contributed by atoms with E-state index in [2.05, 4.69) is 10.3 Å². The molecule has 0 fully saturated rings. The lowest BCUT2D eigenvalue weighted by Crippen LogP contribution is -2.26. The van der Waals surface area contributed by atoms with E-state index in [1.807, 2.05) is 36.4 Å². The lowest BCUT2D eigenvalue weighted by Gasteiger charge is -2.17. The van der Waals surface area contributed by atoms with E-state index in [9.17, 15) is 5.11 Å². The van der Waals surface area contributed by atoms with Gasteiger partial charge in [-0.05, 0) is 24.1 Å². The van der Waals surface area contributed by atoms with E-state index in [0.717, 1.165) is 17.7 Å². The van der Waals surface area contributed by atoms with Gasteiger partial charge < -0.3 is 10.4 Å². The van der Waals surface area contributed by atoms with Gasteiger partial charge in [0, 0.05) is 0 Å². The number of hydrogen-bond donors (Lipinski definition) is 2. The van der Waals surface area contributed by atoms with Crippen LogP contribution in [0.2, 0.25) is 0 Å². The first kappa shape index (κ1) is 13.1. The normalized spacial score (nSPS) is 11.6. The second kappa shape index (κ2) is 6.53. The highest BCUT2D eigenvalue weighted by Gasteiger charge is 2.08. The molecular weight excluding hydrogens is 238 g/mol. The predicted octanol–water partition coefficient (Wildman–Crippen LogP) is 1.97. The molecule has 0 radical (unpaired) electrons.